The minimum absolute atomic E-state index is 0. The number of aliphatic imine (C=N–C) groups is 4. The predicted octanol–water partition coefficient (Wildman–Crippen LogP) is 28.0. The lowest BCUT2D eigenvalue weighted by atomic mass is 9.66. The molecular formula is C107H196N5O11+. The minimum atomic E-state index is -0.394. The third-order valence-corrected chi connectivity index (χ3v) is 27.5. The molecule has 5 fully saturated rings. The first-order chi connectivity index (χ1) is 55.1. The Morgan fingerprint density at radius 1 is 0.382 bits per heavy atom. The molecule has 0 bridgehead atoms. The van der Waals surface area contributed by atoms with Crippen LogP contribution < -0.4 is 5.73 Å². The molecule has 11 aliphatic carbocycles. The van der Waals surface area contributed by atoms with Gasteiger partial charge in [0.1, 0.15) is 12.6 Å². The van der Waals surface area contributed by atoms with Crippen LogP contribution in [-0.4, -0.2) is 120 Å². The SMILES string of the molecule is C.C.C.C.C.C.C.C=CC(=O)OC.CC1=CCC(C=NC2CCCCC2)C(C)C1.CC1=CCC(C=NC2CCCCC2)C(C)C1.CC1=CCC(C=O)C(C)C1.COC(=O)CCC1(C=NC2CCCCC2)CC=C(C)CC1C.COC(=O)CCC1(C=NC2CCCCC2)CC=C(C)CC1C.COC(=O)CCC1(C=O)CC=C(C)CC1C.NC1CCCCC1.[OH3+]. The standard InChI is InChI=1S/2C19H31NO2.2C15H25N.C13H20O3.C9H14O.C6H13N.C4H6O2.7CH4.H2O/c2*1-15-9-11-19(16(2)13-15,12-10-18(21)22-3)14-20-17-7-5-4-6-8-17;2*1-12-8-9-14(13(2)10-12)11-16-15-6-4-3-5-7-15;1-10-4-6-13(9-14,11(2)8-10)7-5-12(15)16-3;1-7-3-4-9(6-10)8(2)5-7;7-6-4-2-1-3-5-6;1-3-4(5)6-2;;;;;;;;/h2*9,14,16-17H,4-8,10-13H2,1-3H3;2*8,11,13-15H,3-7,9-10H2,1-2H3;4,9,11H,5-8H2,1-3H3;3,6,8-9H,4-5H2,1-2H3;6H,1-5,7H2;3H,1H2,2H3;7*1H4;1H2/p+1. The van der Waals surface area contributed by atoms with Crippen LogP contribution in [0.15, 0.2) is 103 Å². The van der Waals surface area contributed by atoms with Gasteiger partial charge in [0.25, 0.3) is 0 Å². The van der Waals surface area contributed by atoms with Crippen molar-refractivity contribution < 1.29 is 53.2 Å². The Balaban J connectivity index is -0.000000438. The molecule has 0 radical (unpaired) electrons. The van der Waals surface area contributed by atoms with Gasteiger partial charge < -0.3 is 39.7 Å². The summed E-state index contributed by atoms with van der Waals surface area (Å²) in [5.41, 5.74) is 14.2. The molecule has 0 aromatic heterocycles. The van der Waals surface area contributed by atoms with Crippen molar-refractivity contribution in [3.63, 3.8) is 0 Å². The molecule has 0 heterocycles. The normalized spacial score (nSPS) is 27.7. The predicted molar refractivity (Wildman–Crippen MR) is 533 cm³/mol. The summed E-state index contributed by atoms with van der Waals surface area (Å²) in [5.74, 6) is 4.35. The van der Waals surface area contributed by atoms with E-state index in [9.17, 15) is 28.8 Å². The smallest absolute Gasteiger partial charge is 0.329 e. The molecule has 5 saturated carbocycles. The molecule has 0 aromatic carbocycles. The largest absolute Gasteiger partial charge is 0.469 e. The molecule has 11 rings (SSSR count). The van der Waals surface area contributed by atoms with Crippen molar-refractivity contribution in [2.24, 2.45) is 95.2 Å². The van der Waals surface area contributed by atoms with E-state index in [1.165, 1.54) is 237 Å². The van der Waals surface area contributed by atoms with E-state index in [4.69, 9.17) is 35.2 Å². The topological polar surface area (TPSA) is 248 Å². The first-order valence-electron chi connectivity index (χ1n) is 45.8. The third-order valence-electron chi connectivity index (χ3n) is 27.5. The summed E-state index contributed by atoms with van der Waals surface area (Å²) < 4.78 is 18.4. The van der Waals surface area contributed by atoms with Crippen LogP contribution >= 0.6 is 0 Å². The molecule has 0 aliphatic heterocycles. The number of esters is 4. The Hall–Kier alpha value is -6.00. The molecule has 5 N–H and O–H groups in total. The number of carbonyl (C=O) groups excluding carboxylic acids is 6. The molecule has 11 aliphatic rings. The number of nitrogens with zero attached hydrogens (tertiary/aromatic N) is 4. The second kappa shape index (κ2) is 70.0. The highest BCUT2D eigenvalue weighted by Gasteiger charge is 2.40. The first-order valence-corrected chi connectivity index (χ1v) is 45.8. The summed E-state index contributed by atoms with van der Waals surface area (Å²) >= 11 is 0. The summed E-state index contributed by atoms with van der Waals surface area (Å²) in [4.78, 5) is 85.5. The van der Waals surface area contributed by atoms with E-state index in [2.05, 4.69) is 160 Å². The zero-order chi connectivity index (χ0) is 84.6. The number of hydrogen-bond donors (Lipinski definition) is 1. The number of aldehydes is 2. The zero-order valence-corrected chi connectivity index (χ0v) is 76.2. The zero-order valence-electron chi connectivity index (χ0n) is 76.2. The Kier molecular flexibility index (Phi) is 71.5. The van der Waals surface area contributed by atoms with Crippen molar-refractivity contribution >= 4 is 61.3 Å². The number of methoxy groups -OCH3 is 4. The Labute approximate surface area is 757 Å². The Morgan fingerprint density at radius 2 is 0.642 bits per heavy atom. The highest BCUT2D eigenvalue weighted by Crippen LogP contribution is 2.46. The van der Waals surface area contributed by atoms with Crippen molar-refractivity contribution in [1.82, 2.24) is 0 Å². The number of allylic oxidation sites excluding steroid dienone is 12. The van der Waals surface area contributed by atoms with Crippen molar-refractivity contribution in [3.05, 3.63) is 82.5 Å². The summed E-state index contributed by atoms with van der Waals surface area (Å²) in [7, 11) is 5.63. The molecule has 714 valence electrons. The van der Waals surface area contributed by atoms with Gasteiger partial charge in [-0.15, -0.1) is 0 Å². The van der Waals surface area contributed by atoms with E-state index in [0.717, 1.165) is 94.7 Å². The van der Waals surface area contributed by atoms with Crippen LogP contribution in [0.4, 0.5) is 0 Å². The fraction of sp³-hybridized carbons (Fsp3) is 0.776. The van der Waals surface area contributed by atoms with Crippen LogP contribution in [0.2, 0.25) is 0 Å². The van der Waals surface area contributed by atoms with E-state index in [-0.39, 0.29) is 97.5 Å². The quantitative estimate of drug-likeness (QED) is 0.0228. The maximum Gasteiger partial charge on any atom is 0.329 e. The molecular weight excluding hydrogens is 1530 g/mol. The summed E-state index contributed by atoms with van der Waals surface area (Å²) in [5, 5.41) is 0. The van der Waals surface area contributed by atoms with Gasteiger partial charge in [0, 0.05) is 114 Å². The van der Waals surface area contributed by atoms with Gasteiger partial charge >= 0.3 is 23.9 Å². The van der Waals surface area contributed by atoms with Gasteiger partial charge in [-0.2, -0.15) is 0 Å². The summed E-state index contributed by atoms with van der Waals surface area (Å²) in [6, 6.07) is 2.83. The van der Waals surface area contributed by atoms with E-state index < -0.39 is 5.97 Å². The second-order valence-corrected chi connectivity index (χ2v) is 37.1. The van der Waals surface area contributed by atoms with Crippen LogP contribution in [-0.2, 0) is 53.2 Å². The van der Waals surface area contributed by atoms with Gasteiger partial charge in [-0.25, -0.2) is 4.79 Å². The van der Waals surface area contributed by atoms with E-state index in [1.807, 2.05) is 0 Å². The Bertz CT molecular complexity index is 3040. The minimum Gasteiger partial charge on any atom is -0.469 e. The molecule has 0 amide bonds. The Morgan fingerprint density at radius 3 is 0.870 bits per heavy atom. The van der Waals surface area contributed by atoms with E-state index in [0.29, 0.717) is 91.4 Å². The third kappa shape index (κ3) is 48.7. The lowest BCUT2D eigenvalue weighted by Gasteiger charge is -2.39. The number of rotatable bonds is 20. The average Bonchev–Trinajstić information content (AvgIpc) is 0.785. The van der Waals surface area contributed by atoms with Gasteiger partial charge in [-0.05, 0) is 238 Å². The fourth-order valence-electron chi connectivity index (χ4n) is 18.7. The van der Waals surface area contributed by atoms with Crippen molar-refractivity contribution in [2.45, 2.75) is 441 Å². The average molecular weight is 1730 g/mol. The van der Waals surface area contributed by atoms with Gasteiger partial charge in [0.05, 0.1) is 28.4 Å². The first kappa shape index (κ1) is 126. The molecule has 12 unspecified atom stereocenters. The van der Waals surface area contributed by atoms with Gasteiger partial charge in [0.2, 0.25) is 0 Å². The van der Waals surface area contributed by atoms with Crippen LogP contribution in [0.3, 0.4) is 0 Å². The van der Waals surface area contributed by atoms with Crippen LogP contribution in [0.1, 0.15) is 411 Å². The molecule has 16 nitrogen and oxygen atoms in total. The number of carbonyl (C=O) groups is 6. The number of nitrogens with two attached hydrogens (primary N) is 1. The van der Waals surface area contributed by atoms with Crippen LogP contribution in [0.5, 0.6) is 0 Å². The summed E-state index contributed by atoms with van der Waals surface area (Å²) in [6.07, 6.45) is 75.8. The number of ether oxygens (including phenoxy) is 4. The van der Waals surface area contributed by atoms with Crippen molar-refractivity contribution in [1.29, 1.82) is 0 Å². The maximum absolute atomic E-state index is 11.6. The molecule has 16 heteroatoms. The van der Waals surface area contributed by atoms with Crippen molar-refractivity contribution in [2.75, 3.05) is 28.4 Å². The van der Waals surface area contributed by atoms with Gasteiger partial charge in [-0.1, -0.05) is 266 Å². The second-order valence-electron chi connectivity index (χ2n) is 37.1. The molecule has 0 spiro atoms. The van der Waals surface area contributed by atoms with Gasteiger partial charge in [-0.3, -0.25) is 34.4 Å². The molecule has 0 saturated heterocycles. The number of hydrogen-bond acceptors (Lipinski definition) is 15. The van der Waals surface area contributed by atoms with Crippen LogP contribution in [0, 0.1) is 69.5 Å². The van der Waals surface area contributed by atoms with E-state index >= 15 is 0 Å². The van der Waals surface area contributed by atoms with E-state index in [1.54, 1.807) is 11.1 Å². The van der Waals surface area contributed by atoms with Gasteiger partial charge in [0.15, 0.2) is 0 Å². The maximum atomic E-state index is 11.6. The molecule has 0 aromatic rings. The highest BCUT2D eigenvalue weighted by atomic mass is 16.5. The van der Waals surface area contributed by atoms with Crippen molar-refractivity contribution in [3.8, 4) is 0 Å². The summed E-state index contributed by atoms with van der Waals surface area (Å²) in [6.45, 7) is 29.9. The fourth-order valence-corrected chi connectivity index (χ4v) is 18.7. The van der Waals surface area contributed by atoms with Crippen LogP contribution in [0.25, 0.3) is 0 Å². The lowest BCUT2D eigenvalue weighted by molar-refractivity contribution is -0.142. The molecule has 123 heavy (non-hydrogen) atoms. The highest BCUT2D eigenvalue weighted by molar-refractivity contribution is 5.81. The lowest BCUT2D eigenvalue weighted by Crippen LogP contribution is -2.34. The monoisotopic (exact) mass is 1730 g/mol. The molecule has 12 atom stereocenters.